The van der Waals surface area contributed by atoms with Gasteiger partial charge < -0.3 is 10.0 Å². The second-order valence-corrected chi connectivity index (χ2v) is 8.18. The molecule has 1 aliphatic carbocycles. The fourth-order valence-electron chi connectivity index (χ4n) is 3.53. The molecule has 5 nitrogen and oxygen atoms in total. The van der Waals surface area contributed by atoms with Crippen molar-refractivity contribution in [2.45, 2.75) is 62.9 Å². The van der Waals surface area contributed by atoms with Crippen molar-refractivity contribution in [2.75, 3.05) is 11.9 Å². The zero-order valence-corrected chi connectivity index (χ0v) is 17.1. The van der Waals surface area contributed by atoms with Crippen LogP contribution in [0.3, 0.4) is 0 Å². The number of carboxylic acid groups (broad SMARTS) is 1. The third-order valence-electron chi connectivity index (χ3n) is 5.37. The minimum absolute atomic E-state index is 0.308. The smallest absolute Gasteiger partial charge is 0.335 e. The number of hydrogen-bond donors (Lipinski definition) is 1. The molecule has 1 aromatic heterocycles. The van der Waals surface area contributed by atoms with Crippen molar-refractivity contribution in [1.82, 2.24) is 9.97 Å². The van der Waals surface area contributed by atoms with Gasteiger partial charge in [0.1, 0.15) is 5.82 Å². The third kappa shape index (κ3) is 4.80. The van der Waals surface area contributed by atoms with Gasteiger partial charge in [0.05, 0.1) is 5.56 Å². The number of thioether (sulfide) groups is 1. The first-order chi connectivity index (χ1) is 13.0. The summed E-state index contributed by atoms with van der Waals surface area (Å²) in [5, 5.41) is 9.78. The van der Waals surface area contributed by atoms with Crippen LogP contribution in [0.2, 0.25) is 0 Å². The van der Waals surface area contributed by atoms with E-state index in [1.54, 1.807) is 23.9 Å². The summed E-state index contributed by atoms with van der Waals surface area (Å²) >= 11 is 1.59. The molecular formula is C21H27N3O2S. The van der Waals surface area contributed by atoms with Crippen molar-refractivity contribution in [2.24, 2.45) is 0 Å². The van der Waals surface area contributed by atoms with Crippen molar-refractivity contribution in [1.29, 1.82) is 0 Å². The normalized spacial score (nSPS) is 14.9. The molecule has 1 fully saturated rings. The maximum absolute atomic E-state index is 11.0. The maximum Gasteiger partial charge on any atom is 0.335 e. The number of benzene rings is 1. The molecule has 1 heterocycles. The number of hydrogen-bond acceptors (Lipinski definition) is 5. The zero-order valence-electron chi connectivity index (χ0n) is 16.2. The van der Waals surface area contributed by atoms with Gasteiger partial charge in [0, 0.05) is 30.1 Å². The molecule has 2 aromatic rings. The Hall–Kier alpha value is -2.08. The summed E-state index contributed by atoms with van der Waals surface area (Å²) in [6.07, 6.45) is 6.40. The van der Waals surface area contributed by atoms with Gasteiger partial charge in [-0.05, 0) is 44.4 Å². The number of rotatable bonds is 6. The van der Waals surface area contributed by atoms with Gasteiger partial charge in [-0.15, -0.1) is 0 Å². The molecule has 1 saturated carbocycles. The van der Waals surface area contributed by atoms with Gasteiger partial charge in [-0.2, -0.15) is 0 Å². The summed E-state index contributed by atoms with van der Waals surface area (Å²) in [5.74, 6) is 0.856. The molecular weight excluding hydrogens is 358 g/mol. The fourth-order valence-corrected chi connectivity index (χ4v) is 4.37. The van der Waals surface area contributed by atoms with E-state index >= 15 is 0 Å². The molecule has 0 unspecified atom stereocenters. The van der Waals surface area contributed by atoms with E-state index in [4.69, 9.17) is 10.1 Å². The summed E-state index contributed by atoms with van der Waals surface area (Å²) in [4.78, 5) is 22.8. The zero-order chi connectivity index (χ0) is 19.4. The summed E-state index contributed by atoms with van der Waals surface area (Å²) in [5.41, 5.74) is 3.54. The number of anilines is 1. The molecule has 1 aliphatic rings. The predicted octanol–water partition coefficient (Wildman–Crippen LogP) is 4.85. The minimum atomic E-state index is -0.901. The topological polar surface area (TPSA) is 66.3 Å². The highest BCUT2D eigenvalue weighted by Gasteiger charge is 2.22. The molecule has 0 spiro atoms. The van der Waals surface area contributed by atoms with Crippen LogP contribution in [0.4, 0.5) is 5.82 Å². The Morgan fingerprint density at radius 1 is 1.15 bits per heavy atom. The quantitative estimate of drug-likeness (QED) is 0.566. The van der Waals surface area contributed by atoms with Crippen LogP contribution in [0.15, 0.2) is 29.4 Å². The maximum atomic E-state index is 11.0. The Morgan fingerprint density at radius 2 is 1.81 bits per heavy atom. The van der Waals surface area contributed by atoms with Crippen LogP contribution in [0, 0.1) is 13.8 Å². The van der Waals surface area contributed by atoms with Crippen molar-refractivity contribution in [3.05, 3.63) is 46.6 Å². The lowest BCUT2D eigenvalue weighted by Crippen LogP contribution is -2.34. The molecule has 0 bridgehead atoms. The van der Waals surface area contributed by atoms with E-state index in [1.165, 1.54) is 32.1 Å². The number of aromatic carboxylic acids is 1. The Balaban J connectivity index is 1.73. The average molecular weight is 386 g/mol. The van der Waals surface area contributed by atoms with Gasteiger partial charge in [-0.3, -0.25) is 0 Å². The first-order valence-electron chi connectivity index (χ1n) is 9.49. The Morgan fingerprint density at radius 3 is 2.44 bits per heavy atom. The SMILES string of the molecule is Cc1nc(SCc2ccc(C(=O)O)cc2)nc(N(C)C2CCCCC2)c1C. The summed E-state index contributed by atoms with van der Waals surface area (Å²) in [7, 11) is 2.16. The molecule has 3 rings (SSSR count). The van der Waals surface area contributed by atoms with E-state index in [1.807, 2.05) is 19.1 Å². The molecule has 0 atom stereocenters. The monoisotopic (exact) mass is 385 g/mol. The lowest BCUT2D eigenvalue weighted by molar-refractivity contribution is 0.0697. The first-order valence-corrected chi connectivity index (χ1v) is 10.5. The molecule has 0 amide bonds. The van der Waals surface area contributed by atoms with E-state index in [2.05, 4.69) is 23.9 Å². The summed E-state index contributed by atoms with van der Waals surface area (Å²) in [6.45, 7) is 4.14. The molecule has 6 heteroatoms. The number of carbonyl (C=O) groups is 1. The van der Waals surface area contributed by atoms with Crippen LogP contribution in [0.5, 0.6) is 0 Å². The number of aryl methyl sites for hydroxylation is 1. The number of aromatic nitrogens is 2. The van der Waals surface area contributed by atoms with Crippen LogP contribution in [0.1, 0.15) is 59.3 Å². The Bertz CT molecular complexity index is 802. The van der Waals surface area contributed by atoms with E-state index in [-0.39, 0.29) is 0 Å². The predicted molar refractivity (Wildman–Crippen MR) is 110 cm³/mol. The van der Waals surface area contributed by atoms with Gasteiger partial charge in [0.15, 0.2) is 5.16 Å². The van der Waals surface area contributed by atoms with E-state index in [0.29, 0.717) is 11.6 Å². The standard InChI is InChI=1S/C21H27N3O2S/c1-14-15(2)22-21(23-19(14)24(3)18-7-5-4-6-8-18)27-13-16-9-11-17(12-10-16)20(25)26/h9-12,18H,4-8,13H2,1-3H3,(H,25,26). The highest BCUT2D eigenvalue weighted by Crippen LogP contribution is 2.30. The van der Waals surface area contributed by atoms with Crippen LogP contribution >= 0.6 is 11.8 Å². The van der Waals surface area contributed by atoms with Crippen LogP contribution in [-0.4, -0.2) is 34.1 Å². The number of nitrogens with zero attached hydrogens (tertiary/aromatic N) is 3. The molecule has 144 valence electrons. The molecule has 0 saturated heterocycles. The highest BCUT2D eigenvalue weighted by atomic mass is 32.2. The van der Waals surface area contributed by atoms with Crippen molar-refractivity contribution in [3.63, 3.8) is 0 Å². The third-order valence-corrected chi connectivity index (χ3v) is 6.29. The molecule has 27 heavy (non-hydrogen) atoms. The Labute approximate surface area is 165 Å². The van der Waals surface area contributed by atoms with E-state index < -0.39 is 5.97 Å². The summed E-state index contributed by atoms with van der Waals surface area (Å²) < 4.78 is 0. The van der Waals surface area contributed by atoms with Crippen molar-refractivity contribution in [3.8, 4) is 0 Å². The van der Waals surface area contributed by atoms with E-state index in [0.717, 1.165) is 33.5 Å². The molecule has 0 aliphatic heterocycles. The molecule has 1 aromatic carbocycles. The second-order valence-electron chi connectivity index (χ2n) is 7.23. The van der Waals surface area contributed by atoms with Crippen molar-refractivity contribution >= 4 is 23.5 Å². The average Bonchev–Trinajstić information content (AvgIpc) is 2.69. The van der Waals surface area contributed by atoms with Crippen molar-refractivity contribution < 1.29 is 9.90 Å². The largest absolute Gasteiger partial charge is 0.478 e. The van der Waals surface area contributed by atoms with E-state index in [9.17, 15) is 4.79 Å². The molecule has 0 radical (unpaired) electrons. The molecule has 1 N–H and O–H groups in total. The fraction of sp³-hybridized carbons (Fsp3) is 0.476. The number of carboxylic acids is 1. The van der Waals surface area contributed by atoms with Gasteiger partial charge in [-0.25, -0.2) is 14.8 Å². The highest BCUT2D eigenvalue weighted by molar-refractivity contribution is 7.98. The van der Waals surface area contributed by atoms with Gasteiger partial charge in [-0.1, -0.05) is 43.2 Å². The van der Waals surface area contributed by atoms with Crippen LogP contribution in [0.25, 0.3) is 0 Å². The van der Waals surface area contributed by atoms with Crippen LogP contribution in [-0.2, 0) is 5.75 Å². The van der Waals surface area contributed by atoms with Crippen LogP contribution < -0.4 is 4.90 Å². The minimum Gasteiger partial charge on any atom is -0.478 e. The summed E-state index contributed by atoms with van der Waals surface area (Å²) in [6, 6.07) is 7.55. The lowest BCUT2D eigenvalue weighted by Gasteiger charge is -2.33. The first kappa shape index (κ1) is 19.7. The van der Waals surface area contributed by atoms with Gasteiger partial charge in [0.2, 0.25) is 0 Å². The van der Waals surface area contributed by atoms with Gasteiger partial charge >= 0.3 is 5.97 Å². The Kier molecular flexibility index (Phi) is 6.37. The van der Waals surface area contributed by atoms with Gasteiger partial charge in [0.25, 0.3) is 0 Å². The lowest BCUT2D eigenvalue weighted by atomic mass is 9.94. The second kappa shape index (κ2) is 8.74.